The Hall–Kier alpha value is -2.31. The molecule has 1 heterocycles. The van der Waals surface area contributed by atoms with Gasteiger partial charge < -0.3 is 9.47 Å². The number of anilines is 1. The molecule has 2 aromatic carbocycles. The predicted molar refractivity (Wildman–Crippen MR) is 112 cm³/mol. The maximum absolute atomic E-state index is 12.9. The minimum Gasteiger partial charge on any atom is -0.493 e. The molecular formula is C20H18BrClN2O3. The van der Waals surface area contributed by atoms with Crippen LogP contribution in [0.15, 0.2) is 51.5 Å². The highest BCUT2D eigenvalue weighted by atomic mass is 79.9. The lowest BCUT2D eigenvalue weighted by molar-refractivity contribution is -0.114. The molecule has 1 aliphatic rings. The molecule has 0 aliphatic carbocycles. The molecule has 0 radical (unpaired) electrons. The van der Waals surface area contributed by atoms with Crippen molar-refractivity contribution in [1.29, 1.82) is 0 Å². The molecule has 0 bridgehead atoms. The van der Waals surface area contributed by atoms with E-state index in [1.54, 1.807) is 32.2 Å². The van der Waals surface area contributed by atoms with E-state index in [0.29, 0.717) is 40.1 Å². The van der Waals surface area contributed by atoms with Crippen molar-refractivity contribution in [2.75, 3.05) is 18.7 Å². The quantitative estimate of drug-likeness (QED) is 0.581. The van der Waals surface area contributed by atoms with Gasteiger partial charge in [-0.15, -0.1) is 0 Å². The lowest BCUT2D eigenvalue weighted by atomic mass is 10.1. The number of ether oxygens (including phenoxy) is 2. The van der Waals surface area contributed by atoms with Gasteiger partial charge in [-0.2, -0.15) is 10.1 Å². The molecule has 0 aromatic heterocycles. The van der Waals surface area contributed by atoms with Crippen LogP contribution < -0.4 is 14.5 Å². The second-order valence-corrected chi connectivity index (χ2v) is 7.04. The van der Waals surface area contributed by atoms with Crippen molar-refractivity contribution in [2.45, 2.75) is 13.8 Å². The Morgan fingerprint density at radius 2 is 2.04 bits per heavy atom. The third-order valence-corrected chi connectivity index (χ3v) is 4.90. The monoisotopic (exact) mass is 448 g/mol. The summed E-state index contributed by atoms with van der Waals surface area (Å²) < 4.78 is 11.8. The number of para-hydroxylation sites is 1. The average molecular weight is 450 g/mol. The minimum atomic E-state index is -0.232. The van der Waals surface area contributed by atoms with Crippen molar-refractivity contribution in [2.24, 2.45) is 5.10 Å². The minimum absolute atomic E-state index is 0.232. The standard InChI is InChI=1S/C20H18BrClN2O3/c1-4-27-19-15(21)10-13(11-18(19)26-3)9-14-12(2)23-24(20(14)25)17-8-6-5-7-16(17)22/h5-11H,4H2,1-3H3/b14-9-. The lowest BCUT2D eigenvalue weighted by Crippen LogP contribution is -2.21. The van der Waals surface area contributed by atoms with E-state index in [-0.39, 0.29) is 5.91 Å². The summed E-state index contributed by atoms with van der Waals surface area (Å²) in [5.41, 5.74) is 2.45. The lowest BCUT2D eigenvalue weighted by Gasteiger charge is -2.13. The first-order valence-corrected chi connectivity index (χ1v) is 9.50. The predicted octanol–water partition coefficient (Wildman–Crippen LogP) is 5.32. The molecule has 0 fully saturated rings. The molecule has 1 aliphatic heterocycles. The number of rotatable bonds is 5. The van der Waals surface area contributed by atoms with E-state index in [9.17, 15) is 4.79 Å². The summed E-state index contributed by atoms with van der Waals surface area (Å²) in [4.78, 5) is 12.9. The Bertz CT molecular complexity index is 956. The molecule has 3 rings (SSSR count). The maximum atomic E-state index is 12.9. The van der Waals surface area contributed by atoms with E-state index >= 15 is 0 Å². The van der Waals surface area contributed by atoms with E-state index in [0.717, 1.165) is 10.0 Å². The van der Waals surface area contributed by atoms with Gasteiger partial charge >= 0.3 is 0 Å². The van der Waals surface area contributed by atoms with E-state index in [1.165, 1.54) is 5.01 Å². The van der Waals surface area contributed by atoms with Gasteiger partial charge in [-0.1, -0.05) is 23.7 Å². The molecule has 0 saturated heterocycles. The number of hydrazone groups is 1. The third kappa shape index (κ3) is 3.87. The van der Waals surface area contributed by atoms with E-state index in [1.807, 2.05) is 31.2 Å². The Morgan fingerprint density at radius 3 is 2.70 bits per heavy atom. The SMILES string of the molecule is CCOc1c(Br)cc(/C=C2\C(=O)N(c3ccccc3Cl)N=C2C)cc1OC. The zero-order valence-corrected chi connectivity index (χ0v) is 17.5. The molecule has 0 N–H and O–H groups in total. The number of nitrogens with zero attached hydrogens (tertiary/aromatic N) is 2. The van der Waals surface area contributed by atoms with Gasteiger partial charge in [-0.25, -0.2) is 0 Å². The molecule has 0 unspecified atom stereocenters. The molecule has 0 saturated carbocycles. The topological polar surface area (TPSA) is 51.1 Å². The first-order valence-electron chi connectivity index (χ1n) is 8.32. The Balaban J connectivity index is 1.99. The Kier molecular flexibility index (Phi) is 5.87. The van der Waals surface area contributed by atoms with Crippen LogP contribution in [-0.4, -0.2) is 25.3 Å². The second-order valence-electron chi connectivity index (χ2n) is 5.78. The highest BCUT2D eigenvalue weighted by Crippen LogP contribution is 2.38. The third-order valence-electron chi connectivity index (χ3n) is 3.99. The fourth-order valence-electron chi connectivity index (χ4n) is 2.75. The normalized spacial score (nSPS) is 15.3. The number of carbonyl (C=O) groups is 1. The number of amides is 1. The van der Waals surface area contributed by atoms with Crippen LogP contribution in [0.5, 0.6) is 11.5 Å². The maximum Gasteiger partial charge on any atom is 0.280 e. The van der Waals surface area contributed by atoms with Gasteiger partial charge in [0.25, 0.3) is 5.91 Å². The van der Waals surface area contributed by atoms with Gasteiger partial charge in [0.2, 0.25) is 0 Å². The first-order chi connectivity index (χ1) is 13.0. The summed E-state index contributed by atoms with van der Waals surface area (Å²) in [6.45, 7) is 4.22. The summed E-state index contributed by atoms with van der Waals surface area (Å²) >= 11 is 9.71. The van der Waals surface area contributed by atoms with Crippen LogP contribution in [0.25, 0.3) is 6.08 Å². The number of hydrogen-bond donors (Lipinski definition) is 0. The average Bonchev–Trinajstić information content (AvgIpc) is 2.92. The molecule has 27 heavy (non-hydrogen) atoms. The van der Waals surface area contributed by atoms with Crippen LogP contribution in [0, 0.1) is 0 Å². The van der Waals surface area contributed by atoms with Crippen LogP contribution >= 0.6 is 27.5 Å². The number of hydrogen-bond acceptors (Lipinski definition) is 4. The molecule has 140 valence electrons. The number of halogens is 2. The van der Waals surface area contributed by atoms with Gasteiger partial charge in [-0.05, 0) is 65.7 Å². The van der Waals surface area contributed by atoms with Gasteiger partial charge in [0, 0.05) is 0 Å². The van der Waals surface area contributed by atoms with Crippen molar-refractivity contribution < 1.29 is 14.3 Å². The van der Waals surface area contributed by atoms with Crippen molar-refractivity contribution >= 4 is 50.9 Å². The fraction of sp³-hybridized carbons (Fsp3) is 0.200. The van der Waals surface area contributed by atoms with Crippen LogP contribution in [0.4, 0.5) is 5.69 Å². The molecule has 2 aromatic rings. The largest absolute Gasteiger partial charge is 0.493 e. The van der Waals surface area contributed by atoms with Crippen molar-refractivity contribution in [3.63, 3.8) is 0 Å². The summed E-state index contributed by atoms with van der Waals surface area (Å²) in [6.07, 6.45) is 1.78. The van der Waals surface area contributed by atoms with Gasteiger partial charge in [0.15, 0.2) is 11.5 Å². The van der Waals surface area contributed by atoms with Crippen molar-refractivity contribution in [3.05, 3.63) is 57.0 Å². The van der Waals surface area contributed by atoms with Crippen molar-refractivity contribution in [3.8, 4) is 11.5 Å². The highest BCUT2D eigenvalue weighted by molar-refractivity contribution is 9.10. The number of benzene rings is 2. The van der Waals surface area contributed by atoms with Crippen LogP contribution in [0.1, 0.15) is 19.4 Å². The number of carbonyl (C=O) groups excluding carboxylic acids is 1. The molecule has 0 atom stereocenters. The van der Waals surface area contributed by atoms with E-state index in [2.05, 4.69) is 21.0 Å². The highest BCUT2D eigenvalue weighted by Gasteiger charge is 2.30. The Morgan fingerprint density at radius 1 is 1.30 bits per heavy atom. The van der Waals surface area contributed by atoms with Gasteiger partial charge in [0.1, 0.15) is 0 Å². The smallest absolute Gasteiger partial charge is 0.280 e. The van der Waals surface area contributed by atoms with Gasteiger partial charge in [0.05, 0.1) is 40.2 Å². The molecule has 0 spiro atoms. The van der Waals surface area contributed by atoms with Crippen LogP contribution in [0.2, 0.25) is 5.02 Å². The fourth-order valence-corrected chi connectivity index (χ4v) is 3.54. The number of methoxy groups -OCH3 is 1. The van der Waals surface area contributed by atoms with Crippen LogP contribution in [0.3, 0.4) is 0 Å². The molecule has 1 amide bonds. The summed E-state index contributed by atoms with van der Waals surface area (Å²) in [5.74, 6) is 0.980. The van der Waals surface area contributed by atoms with E-state index < -0.39 is 0 Å². The second kappa shape index (κ2) is 8.15. The molecular weight excluding hydrogens is 432 g/mol. The van der Waals surface area contributed by atoms with Crippen molar-refractivity contribution in [1.82, 2.24) is 0 Å². The van der Waals surface area contributed by atoms with Crippen LogP contribution in [-0.2, 0) is 4.79 Å². The molecule has 7 heteroatoms. The first kappa shape index (κ1) is 19.5. The summed E-state index contributed by atoms with van der Waals surface area (Å²) in [5, 5.41) is 6.16. The van der Waals surface area contributed by atoms with Gasteiger partial charge in [-0.3, -0.25) is 4.79 Å². The zero-order valence-electron chi connectivity index (χ0n) is 15.1. The Labute approximate surface area is 171 Å². The summed E-state index contributed by atoms with van der Waals surface area (Å²) in [6, 6.07) is 10.8. The summed E-state index contributed by atoms with van der Waals surface area (Å²) in [7, 11) is 1.58. The molecule has 5 nitrogen and oxygen atoms in total. The zero-order chi connectivity index (χ0) is 19.6. The van der Waals surface area contributed by atoms with E-state index in [4.69, 9.17) is 21.1 Å².